The van der Waals surface area contributed by atoms with Gasteiger partial charge >= 0.3 is 12.1 Å². The predicted octanol–water partition coefficient (Wildman–Crippen LogP) is 2.88. The van der Waals surface area contributed by atoms with Crippen molar-refractivity contribution in [3.63, 3.8) is 0 Å². The first-order valence-corrected chi connectivity index (χ1v) is 8.26. The second-order valence-corrected chi connectivity index (χ2v) is 5.97. The second kappa shape index (κ2) is 7.82. The van der Waals surface area contributed by atoms with Gasteiger partial charge in [-0.05, 0) is 11.1 Å². The van der Waals surface area contributed by atoms with Crippen LogP contribution in [0.25, 0.3) is 0 Å². The maximum atomic E-state index is 12.7. The van der Waals surface area contributed by atoms with Crippen LogP contribution < -0.4 is 0 Å². The van der Waals surface area contributed by atoms with Crippen molar-refractivity contribution in [3.05, 3.63) is 71.8 Å². The molecule has 0 bridgehead atoms. The number of ether oxygens (including phenoxy) is 2. The minimum Gasteiger partial charge on any atom is -0.467 e. The molecule has 1 aliphatic rings. The number of esters is 1. The Morgan fingerprint density at radius 1 is 1.04 bits per heavy atom. The van der Waals surface area contributed by atoms with Crippen LogP contribution in [-0.2, 0) is 25.7 Å². The van der Waals surface area contributed by atoms with Crippen molar-refractivity contribution in [2.24, 2.45) is 0 Å². The molecule has 2 unspecified atom stereocenters. The fraction of sp³-hybridized carbons (Fsp3) is 0.250. The zero-order chi connectivity index (χ0) is 18.5. The van der Waals surface area contributed by atoms with Gasteiger partial charge in [0, 0.05) is 6.42 Å². The summed E-state index contributed by atoms with van der Waals surface area (Å²) in [5.41, 5.74) is 1.58. The average Bonchev–Trinajstić information content (AvgIpc) is 3.04. The van der Waals surface area contributed by atoms with Crippen molar-refractivity contribution in [2.45, 2.75) is 25.1 Å². The van der Waals surface area contributed by atoms with Gasteiger partial charge in [0.1, 0.15) is 6.61 Å². The summed E-state index contributed by atoms with van der Waals surface area (Å²) in [7, 11) is 1.19. The molecule has 0 radical (unpaired) electrons. The van der Waals surface area contributed by atoms with Crippen LogP contribution in [0.4, 0.5) is 4.79 Å². The Morgan fingerprint density at radius 3 is 2.27 bits per heavy atom. The van der Waals surface area contributed by atoms with Crippen LogP contribution in [0.2, 0.25) is 0 Å². The van der Waals surface area contributed by atoms with Gasteiger partial charge in [-0.1, -0.05) is 60.7 Å². The Balaban J connectivity index is 1.85. The largest absolute Gasteiger partial charge is 0.467 e. The molecule has 134 valence electrons. The van der Waals surface area contributed by atoms with Crippen LogP contribution in [0.15, 0.2) is 60.7 Å². The van der Waals surface area contributed by atoms with Crippen LogP contribution in [-0.4, -0.2) is 35.9 Å². The number of benzene rings is 2. The maximum Gasteiger partial charge on any atom is 0.411 e. The van der Waals surface area contributed by atoms with E-state index in [2.05, 4.69) is 0 Å². The molecule has 3 rings (SSSR count). The number of carbonyl (C=O) groups excluding carboxylic acids is 3. The fourth-order valence-corrected chi connectivity index (χ4v) is 3.07. The van der Waals surface area contributed by atoms with Gasteiger partial charge in [-0.15, -0.1) is 0 Å². The van der Waals surface area contributed by atoms with E-state index in [1.54, 1.807) is 0 Å². The van der Waals surface area contributed by atoms with Crippen LogP contribution >= 0.6 is 0 Å². The third kappa shape index (κ3) is 3.59. The lowest BCUT2D eigenvalue weighted by molar-refractivity contribution is -0.148. The summed E-state index contributed by atoms with van der Waals surface area (Å²) < 4.78 is 10.1. The van der Waals surface area contributed by atoms with Crippen LogP contribution in [0, 0.1) is 0 Å². The zero-order valence-electron chi connectivity index (χ0n) is 14.3. The molecular weight excluding hydrogens is 334 g/mol. The molecule has 6 nitrogen and oxygen atoms in total. The molecule has 1 aliphatic heterocycles. The number of amides is 1. The smallest absolute Gasteiger partial charge is 0.411 e. The maximum absolute atomic E-state index is 12.7. The second-order valence-electron chi connectivity index (χ2n) is 5.97. The molecule has 2 aromatic carbocycles. The average molecular weight is 353 g/mol. The lowest BCUT2D eigenvalue weighted by atomic mass is 10.0. The first-order chi connectivity index (χ1) is 12.6. The molecule has 1 saturated heterocycles. The highest BCUT2D eigenvalue weighted by Crippen LogP contribution is 2.35. The van der Waals surface area contributed by atoms with Gasteiger partial charge in [-0.2, -0.15) is 0 Å². The minimum absolute atomic E-state index is 0.0459. The summed E-state index contributed by atoms with van der Waals surface area (Å²) in [6.07, 6.45) is -0.673. The van der Waals surface area contributed by atoms with Gasteiger partial charge in [-0.3, -0.25) is 9.69 Å². The summed E-state index contributed by atoms with van der Waals surface area (Å²) in [6, 6.07) is 16.5. The van der Waals surface area contributed by atoms with Gasteiger partial charge in [0.15, 0.2) is 11.8 Å². The van der Waals surface area contributed by atoms with Crippen molar-refractivity contribution >= 4 is 17.8 Å². The highest BCUT2D eigenvalue weighted by molar-refractivity contribution is 6.07. The topological polar surface area (TPSA) is 72.9 Å². The molecule has 0 N–H and O–H groups in total. The lowest BCUT2D eigenvalue weighted by Gasteiger charge is -2.27. The van der Waals surface area contributed by atoms with Crippen molar-refractivity contribution in [3.8, 4) is 0 Å². The molecule has 1 amide bonds. The Hall–Kier alpha value is -3.15. The lowest BCUT2D eigenvalue weighted by Crippen LogP contribution is -2.45. The van der Waals surface area contributed by atoms with Gasteiger partial charge in [0.2, 0.25) is 0 Å². The van der Waals surface area contributed by atoms with Crippen LogP contribution in [0.3, 0.4) is 0 Å². The van der Waals surface area contributed by atoms with E-state index in [-0.39, 0.29) is 18.8 Å². The number of rotatable bonds is 4. The summed E-state index contributed by atoms with van der Waals surface area (Å²) in [4.78, 5) is 38.4. The summed E-state index contributed by atoms with van der Waals surface area (Å²) >= 11 is 0. The molecule has 0 aliphatic carbocycles. The Bertz CT molecular complexity index is 790. The highest BCUT2D eigenvalue weighted by Gasteiger charge is 2.49. The minimum atomic E-state index is -1.28. The third-order valence-corrected chi connectivity index (χ3v) is 4.34. The number of hydrogen-bond acceptors (Lipinski definition) is 5. The molecule has 2 aromatic rings. The zero-order valence-corrected chi connectivity index (χ0v) is 14.3. The first-order valence-electron chi connectivity index (χ1n) is 8.26. The number of Topliss-reactive ketones (excluding diaryl/α,β-unsaturated/α-hetero) is 1. The third-order valence-electron chi connectivity index (χ3n) is 4.34. The number of methoxy groups -OCH3 is 1. The van der Waals surface area contributed by atoms with E-state index >= 15 is 0 Å². The Kier molecular flexibility index (Phi) is 5.31. The fourth-order valence-electron chi connectivity index (χ4n) is 3.07. The van der Waals surface area contributed by atoms with E-state index in [0.717, 1.165) is 11.1 Å². The van der Waals surface area contributed by atoms with Crippen molar-refractivity contribution in [2.75, 3.05) is 7.11 Å². The summed E-state index contributed by atoms with van der Waals surface area (Å²) in [6.45, 7) is 0.0553. The van der Waals surface area contributed by atoms with E-state index in [1.807, 2.05) is 60.7 Å². The molecule has 1 heterocycles. The van der Waals surface area contributed by atoms with Crippen molar-refractivity contribution in [1.82, 2.24) is 4.90 Å². The standard InChI is InChI=1S/C20H19NO5/c1-25-19(23)18-17(22)12-16(15-10-6-3-7-11-15)21(18)20(24)26-13-14-8-4-2-5-9-14/h2-11,16,18H,12-13H2,1H3. The number of nitrogens with zero attached hydrogens (tertiary/aromatic N) is 1. The Labute approximate surface area is 151 Å². The van der Waals surface area contributed by atoms with Gasteiger partial charge in [-0.25, -0.2) is 9.59 Å². The molecule has 26 heavy (non-hydrogen) atoms. The normalized spacial score (nSPS) is 19.3. The summed E-state index contributed by atoms with van der Waals surface area (Å²) in [5.74, 6) is -1.12. The number of ketones is 1. The number of carbonyl (C=O) groups is 3. The van der Waals surface area contributed by atoms with Crippen molar-refractivity contribution in [1.29, 1.82) is 0 Å². The quantitative estimate of drug-likeness (QED) is 0.624. The van der Waals surface area contributed by atoms with Gasteiger partial charge in [0.05, 0.1) is 13.2 Å². The Morgan fingerprint density at radius 2 is 1.65 bits per heavy atom. The van der Waals surface area contributed by atoms with E-state index in [1.165, 1.54) is 12.0 Å². The van der Waals surface area contributed by atoms with Crippen LogP contribution in [0.5, 0.6) is 0 Å². The predicted molar refractivity (Wildman–Crippen MR) is 93.1 cm³/mol. The molecule has 1 fully saturated rings. The van der Waals surface area contributed by atoms with Crippen molar-refractivity contribution < 1.29 is 23.9 Å². The number of likely N-dealkylation sites (tertiary alicyclic amines) is 1. The molecule has 6 heteroatoms. The first kappa shape index (κ1) is 17.7. The number of hydrogen-bond donors (Lipinski definition) is 0. The summed E-state index contributed by atoms with van der Waals surface area (Å²) in [5, 5.41) is 0. The molecule has 2 atom stereocenters. The highest BCUT2D eigenvalue weighted by atomic mass is 16.6. The van der Waals surface area contributed by atoms with E-state index in [4.69, 9.17) is 9.47 Å². The van der Waals surface area contributed by atoms with Crippen LogP contribution in [0.1, 0.15) is 23.6 Å². The van der Waals surface area contributed by atoms with E-state index in [9.17, 15) is 14.4 Å². The molecule has 0 aromatic heterocycles. The van der Waals surface area contributed by atoms with E-state index < -0.39 is 24.1 Å². The SMILES string of the molecule is COC(=O)C1C(=O)CC(c2ccccc2)N1C(=O)OCc1ccccc1. The molecular formula is C20H19NO5. The van der Waals surface area contributed by atoms with Gasteiger partial charge < -0.3 is 9.47 Å². The van der Waals surface area contributed by atoms with Gasteiger partial charge in [0.25, 0.3) is 0 Å². The van der Waals surface area contributed by atoms with E-state index in [0.29, 0.717) is 0 Å². The molecule has 0 saturated carbocycles. The molecule has 0 spiro atoms. The monoisotopic (exact) mass is 353 g/mol.